The minimum Gasteiger partial charge on any atom is -0.504 e. The quantitative estimate of drug-likeness (QED) is 0.391. The van der Waals surface area contributed by atoms with Crippen molar-refractivity contribution in [3.05, 3.63) is 83.7 Å². The molecule has 0 atom stereocenters. The van der Waals surface area contributed by atoms with Gasteiger partial charge in [0.05, 0.1) is 30.8 Å². The summed E-state index contributed by atoms with van der Waals surface area (Å²) >= 11 is 0. The van der Waals surface area contributed by atoms with Crippen LogP contribution in [0.1, 0.15) is 11.1 Å². The molecule has 0 saturated carbocycles. The summed E-state index contributed by atoms with van der Waals surface area (Å²) in [5, 5.41) is 12.4. The van der Waals surface area contributed by atoms with Crippen LogP contribution in [0.3, 0.4) is 0 Å². The number of phenolic OH excluding ortho intramolecular Hbond substituents is 1. The largest absolute Gasteiger partial charge is 0.504 e. The second-order valence-corrected chi connectivity index (χ2v) is 8.90. The number of rotatable bonds is 9. The zero-order valence-electron chi connectivity index (χ0n) is 18.7. The molecular weight excluding hydrogens is 475 g/mol. The SMILES string of the molecule is COc1ccc(NS(=O)(=O)c2ccc(C#CCNC(=O)COCc3ccc(F)cc3)cc2)cc1O. The fourth-order valence-electron chi connectivity index (χ4n) is 2.87. The zero-order valence-corrected chi connectivity index (χ0v) is 19.6. The van der Waals surface area contributed by atoms with E-state index >= 15 is 0 Å². The minimum absolute atomic E-state index is 0.0185. The summed E-state index contributed by atoms with van der Waals surface area (Å²) in [5.41, 5.74) is 1.50. The van der Waals surface area contributed by atoms with Crippen LogP contribution < -0.4 is 14.8 Å². The van der Waals surface area contributed by atoms with Crippen LogP contribution in [0.5, 0.6) is 11.5 Å². The molecule has 35 heavy (non-hydrogen) atoms. The van der Waals surface area contributed by atoms with Crippen LogP contribution in [-0.2, 0) is 26.2 Å². The number of aromatic hydroxyl groups is 1. The predicted octanol–water partition coefficient (Wildman–Crippen LogP) is 3.03. The molecule has 0 unspecified atom stereocenters. The number of amides is 1. The molecular formula is C25H23FN2O6S. The van der Waals surface area contributed by atoms with Crippen LogP contribution in [0.2, 0.25) is 0 Å². The van der Waals surface area contributed by atoms with E-state index in [0.29, 0.717) is 5.56 Å². The van der Waals surface area contributed by atoms with E-state index in [1.807, 2.05) is 0 Å². The second kappa shape index (κ2) is 11.9. The standard InChI is InChI=1S/C25H23FN2O6S/c1-33-24-13-10-21(15-23(24)29)28-35(31,32)22-11-6-18(7-12-22)3-2-14-27-25(30)17-34-16-19-4-8-20(26)9-5-19/h4-13,15,28-29H,14,16-17H2,1H3,(H,27,30). The molecule has 0 aliphatic heterocycles. The van der Waals surface area contributed by atoms with Crippen LogP contribution in [0, 0.1) is 17.7 Å². The Labute approximate surface area is 202 Å². The number of carbonyl (C=O) groups excluding carboxylic acids is 1. The van der Waals surface area contributed by atoms with E-state index in [2.05, 4.69) is 21.9 Å². The molecule has 0 aliphatic carbocycles. The number of nitrogens with one attached hydrogen (secondary N) is 2. The Morgan fingerprint density at radius 1 is 1.06 bits per heavy atom. The van der Waals surface area contributed by atoms with Crippen LogP contribution in [0.15, 0.2) is 71.6 Å². The van der Waals surface area contributed by atoms with Crippen molar-refractivity contribution in [1.29, 1.82) is 0 Å². The molecule has 0 spiro atoms. The molecule has 3 aromatic rings. The van der Waals surface area contributed by atoms with Crippen LogP contribution in [0.25, 0.3) is 0 Å². The summed E-state index contributed by atoms with van der Waals surface area (Å²) < 4.78 is 50.6. The van der Waals surface area contributed by atoms with E-state index in [0.717, 1.165) is 5.56 Å². The molecule has 0 radical (unpaired) electrons. The summed E-state index contributed by atoms with van der Waals surface area (Å²) in [5.74, 6) is 4.96. The number of phenols is 1. The number of carbonyl (C=O) groups is 1. The molecule has 182 valence electrons. The van der Waals surface area contributed by atoms with Gasteiger partial charge >= 0.3 is 0 Å². The van der Waals surface area contributed by atoms with Gasteiger partial charge in [-0.2, -0.15) is 0 Å². The molecule has 3 rings (SSSR count). The lowest BCUT2D eigenvalue weighted by Gasteiger charge is -2.10. The Morgan fingerprint density at radius 3 is 2.43 bits per heavy atom. The number of halogens is 1. The summed E-state index contributed by atoms with van der Waals surface area (Å²) in [7, 11) is -2.48. The van der Waals surface area contributed by atoms with Crippen molar-refractivity contribution in [2.24, 2.45) is 0 Å². The first-order chi connectivity index (χ1) is 16.8. The van der Waals surface area contributed by atoms with E-state index in [-0.39, 0.29) is 53.6 Å². The fraction of sp³-hybridized carbons (Fsp3) is 0.160. The third kappa shape index (κ3) is 7.74. The molecule has 10 heteroatoms. The molecule has 0 bridgehead atoms. The van der Waals surface area contributed by atoms with Crippen LogP contribution in [0.4, 0.5) is 10.1 Å². The monoisotopic (exact) mass is 498 g/mol. The van der Waals surface area contributed by atoms with Crippen molar-refractivity contribution >= 4 is 21.6 Å². The summed E-state index contributed by atoms with van der Waals surface area (Å²) in [4.78, 5) is 11.8. The first kappa shape index (κ1) is 25.6. The number of hydrogen-bond acceptors (Lipinski definition) is 6. The van der Waals surface area contributed by atoms with Gasteiger partial charge < -0.3 is 19.9 Å². The lowest BCUT2D eigenvalue weighted by molar-refractivity contribution is -0.125. The van der Waals surface area contributed by atoms with Gasteiger partial charge in [-0.1, -0.05) is 24.0 Å². The second-order valence-electron chi connectivity index (χ2n) is 7.21. The lowest BCUT2D eigenvalue weighted by Crippen LogP contribution is -2.27. The highest BCUT2D eigenvalue weighted by molar-refractivity contribution is 7.92. The van der Waals surface area contributed by atoms with Gasteiger partial charge in [0.2, 0.25) is 5.91 Å². The third-order valence-corrected chi connectivity index (χ3v) is 6.01. The summed E-state index contributed by atoms with van der Waals surface area (Å²) in [6.07, 6.45) is 0. The molecule has 0 heterocycles. The van der Waals surface area contributed by atoms with Gasteiger partial charge in [0.25, 0.3) is 10.0 Å². The highest BCUT2D eigenvalue weighted by Gasteiger charge is 2.15. The number of anilines is 1. The van der Waals surface area contributed by atoms with Crippen molar-refractivity contribution in [2.45, 2.75) is 11.5 Å². The maximum absolute atomic E-state index is 12.9. The van der Waals surface area contributed by atoms with Gasteiger partial charge in [-0.15, -0.1) is 0 Å². The minimum atomic E-state index is -3.87. The Morgan fingerprint density at radius 2 is 1.77 bits per heavy atom. The van der Waals surface area contributed by atoms with Crippen molar-refractivity contribution < 1.29 is 32.2 Å². The topological polar surface area (TPSA) is 114 Å². The normalized spacial score (nSPS) is 10.7. The molecule has 3 aromatic carbocycles. The maximum atomic E-state index is 12.9. The number of benzene rings is 3. The average molecular weight is 499 g/mol. The molecule has 0 aromatic heterocycles. The van der Waals surface area contributed by atoms with E-state index < -0.39 is 10.0 Å². The predicted molar refractivity (Wildman–Crippen MR) is 128 cm³/mol. The van der Waals surface area contributed by atoms with Gasteiger partial charge in [-0.3, -0.25) is 9.52 Å². The summed E-state index contributed by atoms with van der Waals surface area (Å²) in [6.45, 7) is 0.106. The highest BCUT2D eigenvalue weighted by Crippen LogP contribution is 2.29. The Kier molecular flexibility index (Phi) is 8.67. The Balaban J connectivity index is 1.46. The smallest absolute Gasteiger partial charge is 0.261 e. The van der Waals surface area contributed by atoms with Gasteiger partial charge in [-0.25, -0.2) is 12.8 Å². The summed E-state index contributed by atoms with van der Waals surface area (Å²) in [6, 6.07) is 15.8. The first-order valence-electron chi connectivity index (χ1n) is 10.3. The fourth-order valence-corrected chi connectivity index (χ4v) is 3.92. The first-order valence-corrected chi connectivity index (χ1v) is 11.8. The van der Waals surface area contributed by atoms with Crippen LogP contribution >= 0.6 is 0 Å². The van der Waals surface area contributed by atoms with Gasteiger partial charge in [0, 0.05) is 11.6 Å². The molecule has 0 aliphatic rings. The van der Waals surface area contributed by atoms with Gasteiger partial charge in [-0.05, 0) is 54.1 Å². The maximum Gasteiger partial charge on any atom is 0.261 e. The number of ether oxygens (including phenoxy) is 2. The average Bonchev–Trinajstić information content (AvgIpc) is 2.83. The highest BCUT2D eigenvalue weighted by atomic mass is 32.2. The van der Waals surface area contributed by atoms with Gasteiger partial charge in [0.1, 0.15) is 12.4 Å². The van der Waals surface area contributed by atoms with Crippen molar-refractivity contribution in [2.75, 3.05) is 25.0 Å². The van der Waals surface area contributed by atoms with Crippen molar-refractivity contribution in [3.8, 4) is 23.3 Å². The number of sulfonamides is 1. The van der Waals surface area contributed by atoms with E-state index in [1.54, 1.807) is 24.3 Å². The molecule has 3 N–H and O–H groups in total. The van der Waals surface area contributed by atoms with E-state index in [9.17, 15) is 22.7 Å². The lowest BCUT2D eigenvalue weighted by atomic mass is 10.2. The molecule has 0 saturated heterocycles. The number of methoxy groups -OCH3 is 1. The van der Waals surface area contributed by atoms with E-state index in [4.69, 9.17) is 9.47 Å². The van der Waals surface area contributed by atoms with Crippen molar-refractivity contribution in [3.63, 3.8) is 0 Å². The molecule has 1 amide bonds. The molecule has 0 fully saturated rings. The molecule has 8 nitrogen and oxygen atoms in total. The third-order valence-electron chi connectivity index (χ3n) is 4.62. The van der Waals surface area contributed by atoms with Crippen LogP contribution in [-0.4, -0.2) is 39.7 Å². The Bertz CT molecular complexity index is 1330. The van der Waals surface area contributed by atoms with Gasteiger partial charge in [0.15, 0.2) is 11.5 Å². The zero-order chi connectivity index (χ0) is 25.3. The number of hydrogen-bond donors (Lipinski definition) is 3. The Hall–Kier alpha value is -4.07. The van der Waals surface area contributed by atoms with Crippen molar-refractivity contribution in [1.82, 2.24) is 5.32 Å². The van der Waals surface area contributed by atoms with E-state index in [1.165, 1.54) is 49.6 Å².